The van der Waals surface area contributed by atoms with Gasteiger partial charge in [0.05, 0.1) is 0 Å². The molecule has 5 aromatic rings. The lowest BCUT2D eigenvalue weighted by Gasteiger charge is -2.26. The molecule has 1 nitrogen and oxygen atoms in total. The first-order valence-corrected chi connectivity index (χ1v) is 22.7. The minimum Gasteiger partial charge on any atom is -0.457 e. The average molecular weight is 737 g/mol. The lowest BCUT2D eigenvalue weighted by Crippen LogP contribution is -2.54. The first-order chi connectivity index (χ1) is 20.2. The number of hydrogen-bond acceptors (Lipinski definition) is 1. The number of alkyl halides is 2. The van der Waals surface area contributed by atoms with Crippen molar-refractivity contribution in [1.82, 2.24) is 0 Å². The highest BCUT2D eigenvalue weighted by Crippen LogP contribution is 2.21. The molecule has 0 bridgehead atoms. The van der Waals surface area contributed by atoms with Crippen LogP contribution in [0, 0.1) is 0 Å². The fourth-order valence-electron chi connectivity index (χ4n) is 5.23. The van der Waals surface area contributed by atoms with Gasteiger partial charge in [0.15, 0.2) is 0 Å². The topological polar surface area (TPSA) is 9.23 Å². The Balaban J connectivity index is 0.000000201. The highest BCUT2D eigenvalue weighted by atomic mass is 79.9. The number of para-hydroxylation sites is 1. The summed E-state index contributed by atoms with van der Waals surface area (Å²) in [5.41, 5.74) is 2.78. The van der Waals surface area contributed by atoms with Crippen LogP contribution in [-0.4, -0.2) is 16.1 Å². The van der Waals surface area contributed by atoms with Crippen molar-refractivity contribution in [3.8, 4) is 11.5 Å². The number of rotatable bonds is 8. The van der Waals surface area contributed by atoms with Crippen LogP contribution in [0.3, 0.4) is 0 Å². The normalized spacial score (nSPS) is 11.4. The molecule has 0 saturated heterocycles. The first-order valence-electron chi connectivity index (χ1n) is 14.0. The van der Waals surface area contributed by atoms with Crippen LogP contribution in [0.2, 0.25) is 31.2 Å². The van der Waals surface area contributed by atoms with Crippen molar-refractivity contribution < 1.29 is 4.74 Å². The van der Waals surface area contributed by atoms with Crippen LogP contribution >= 0.6 is 43.5 Å². The fraction of sp³-hybridized carbons (Fsp3) is 0.167. The quantitative estimate of drug-likeness (QED) is 0.114. The Hall–Kier alpha value is -2.42. The van der Waals surface area contributed by atoms with Gasteiger partial charge in [0, 0.05) is 15.7 Å². The van der Waals surface area contributed by atoms with E-state index in [-0.39, 0.29) is 0 Å². The van der Waals surface area contributed by atoms with E-state index in [0.29, 0.717) is 0 Å². The summed E-state index contributed by atoms with van der Waals surface area (Å²) in [5, 5.41) is 8.42. The summed E-state index contributed by atoms with van der Waals surface area (Å²) >= 11 is 13.2. The molecule has 5 rings (SSSR count). The van der Waals surface area contributed by atoms with Crippen LogP contribution in [0.25, 0.3) is 0 Å². The van der Waals surface area contributed by atoms with Gasteiger partial charge in [-0.05, 0) is 47.5 Å². The minimum absolute atomic E-state index is 0.803. The smallest absolute Gasteiger partial charge is 0.127 e. The second-order valence-electron chi connectivity index (χ2n) is 11.3. The number of halogens is 3. The van der Waals surface area contributed by atoms with Crippen molar-refractivity contribution in [3.05, 3.63) is 144 Å². The SMILES string of the molecule is C[Si](C)(c1ccc(Cl)cc1)c1ccccc1CBr.C[Si](C)(c1ccc(Oc2ccccc2)cc1)c1ccccc1CBr. The van der Waals surface area contributed by atoms with Crippen molar-refractivity contribution in [2.75, 3.05) is 0 Å². The second kappa shape index (κ2) is 14.8. The third kappa shape index (κ3) is 7.94. The molecule has 0 heterocycles. The molecule has 0 aliphatic rings. The third-order valence-electron chi connectivity index (χ3n) is 7.79. The van der Waals surface area contributed by atoms with Gasteiger partial charge >= 0.3 is 0 Å². The molecule has 0 N–H and O–H groups in total. The molecule has 0 aliphatic carbocycles. The Morgan fingerprint density at radius 3 is 1.33 bits per heavy atom. The highest BCUT2D eigenvalue weighted by Gasteiger charge is 2.29. The summed E-state index contributed by atoms with van der Waals surface area (Å²) in [6, 6.07) is 44.2. The maximum absolute atomic E-state index is 5.97. The Bertz CT molecular complexity index is 1570. The molecule has 0 spiro atoms. The van der Waals surface area contributed by atoms with E-state index in [9.17, 15) is 0 Å². The Kier molecular flexibility index (Phi) is 11.5. The number of benzene rings is 5. The monoisotopic (exact) mass is 734 g/mol. The van der Waals surface area contributed by atoms with Crippen LogP contribution < -0.4 is 25.5 Å². The standard InChI is InChI=1S/C21H21BrOSi.C15H16BrClSi/c1-24(2,21-11-7-6-8-17(21)16-22)20-14-12-19(13-15-20)23-18-9-4-3-5-10-18;1-18(2,14-9-7-13(17)8-10-14)15-6-4-3-5-12(15)11-16/h3-15H,16H2,1-2H3;3-10H,11H2,1-2H3. The summed E-state index contributed by atoms with van der Waals surface area (Å²) in [5.74, 6) is 1.75. The Morgan fingerprint density at radius 2 is 0.881 bits per heavy atom. The van der Waals surface area contributed by atoms with Crippen LogP contribution in [-0.2, 0) is 10.7 Å². The molecule has 0 amide bonds. The molecule has 0 aliphatic heterocycles. The number of ether oxygens (including phenoxy) is 1. The maximum atomic E-state index is 5.97. The van der Waals surface area contributed by atoms with Crippen molar-refractivity contribution in [2.45, 2.75) is 36.8 Å². The van der Waals surface area contributed by atoms with E-state index in [1.54, 1.807) is 0 Å². The molecule has 216 valence electrons. The predicted octanol–water partition coefficient (Wildman–Crippen LogP) is 9.25. The molecule has 5 aromatic carbocycles. The number of hydrogen-bond donors (Lipinski definition) is 0. The van der Waals surface area contributed by atoms with Crippen LogP contribution in [0.4, 0.5) is 0 Å². The lowest BCUT2D eigenvalue weighted by atomic mass is 10.2. The Labute approximate surface area is 275 Å². The van der Waals surface area contributed by atoms with Crippen LogP contribution in [0.15, 0.2) is 127 Å². The summed E-state index contributed by atoms with van der Waals surface area (Å²) in [6.07, 6.45) is 0. The van der Waals surface area contributed by atoms with E-state index in [1.807, 2.05) is 42.5 Å². The average Bonchev–Trinajstić information content (AvgIpc) is 3.02. The van der Waals surface area contributed by atoms with E-state index in [4.69, 9.17) is 16.3 Å². The van der Waals surface area contributed by atoms with Crippen molar-refractivity contribution >= 4 is 80.4 Å². The molecule has 0 atom stereocenters. The first kappa shape index (κ1) is 32.5. The highest BCUT2D eigenvalue weighted by molar-refractivity contribution is 9.08. The van der Waals surface area contributed by atoms with E-state index in [2.05, 4.69) is 143 Å². The van der Waals surface area contributed by atoms with Crippen LogP contribution in [0.5, 0.6) is 11.5 Å². The zero-order chi connectivity index (χ0) is 30.2. The van der Waals surface area contributed by atoms with Gasteiger partial charge in [0.2, 0.25) is 0 Å². The van der Waals surface area contributed by atoms with Gasteiger partial charge in [0.1, 0.15) is 27.6 Å². The van der Waals surface area contributed by atoms with Crippen molar-refractivity contribution in [2.24, 2.45) is 0 Å². The van der Waals surface area contributed by atoms with Gasteiger partial charge in [-0.2, -0.15) is 0 Å². The van der Waals surface area contributed by atoms with Gasteiger partial charge in [-0.15, -0.1) is 0 Å². The molecule has 0 fully saturated rings. The van der Waals surface area contributed by atoms with E-state index in [1.165, 1.54) is 31.9 Å². The molecule has 42 heavy (non-hydrogen) atoms. The fourth-order valence-corrected chi connectivity index (χ4v) is 12.5. The molecule has 0 unspecified atom stereocenters. The predicted molar refractivity (Wildman–Crippen MR) is 196 cm³/mol. The zero-order valence-corrected chi connectivity index (χ0v) is 30.5. The summed E-state index contributed by atoms with van der Waals surface area (Å²) in [4.78, 5) is 0. The lowest BCUT2D eigenvalue weighted by molar-refractivity contribution is 0.483. The van der Waals surface area contributed by atoms with E-state index >= 15 is 0 Å². The summed E-state index contributed by atoms with van der Waals surface area (Å²) in [7, 11) is -3.35. The van der Waals surface area contributed by atoms with Gasteiger partial charge in [-0.1, -0.05) is 181 Å². The molecular weight excluding hydrogens is 700 g/mol. The summed E-state index contributed by atoms with van der Waals surface area (Å²) < 4.78 is 5.90. The molecule has 0 aromatic heterocycles. The zero-order valence-electron chi connectivity index (χ0n) is 24.6. The molecule has 0 saturated carbocycles. The minimum atomic E-state index is -1.72. The third-order valence-corrected chi connectivity index (χ3v) is 16.5. The second-order valence-corrected chi connectivity index (χ2v) is 21.6. The van der Waals surface area contributed by atoms with Gasteiger partial charge in [-0.3, -0.25) is 0 Å². The maximum Gasteiger partial charge on any atom is 0.127 e. The molecular formula is C36H37Br2ClOSi2. The van der Waals surface area contributed by atoms with Crippen LogP contribution in [0.1, 0.15) is 11.1 Å². The largest absolute Gasteiger partial charge is 0.457 e. The van der Waals surface area contributed by atoms with Gasteiger partial charge < -0.3 is 4.74 Å². The molecule has 6 heteroatoms. The van der Waals surface area contributed by atoms with Crippen molar-refractivity contribution in [1.29, 1.82) is 0 Å². The van der Waals surface area contributed by atoms with E-state index in [0.717, 1.165) is 27.2 Å². The van der Waals surface area contributed by atoms with Gasteiger partial charge in [-0.25, -0.2) is 0 Å². The van der Waals surface area contributed by atoms with Crippen molar-refractivity contribution in [3.63, 3.8) is 0 Å². The summed E-state index contributed by atoms with van der Waals surface area (Å²) in [6.45, 7) is 9.58. The Morgan fingerprint density at radius 1 is 0.500 bits per heavy atom. The molecule has 0 radical (unpaired) electrons. The van der Waals surface area contributed by atoms with Gasteiger partial charge in [0.25, 0.3) is 0 Å². The van der Waals surface area contributed by atoms with E-state index < -0.39 is 16.1 Å².